The number of aliphatic hydroxyl groups is 2. The van der Waals surface area contributed by atoms with E-state index >= 15 is 0 Å². The first-order valence-corrected chi connectivity index (χ1v) is 15.1. The lowest BCUT2D eigenvalue weighted by Crippen LogP contribution is -2.39. The number of carboxylic acids is 2. The highest BCUT2D eigenvalue weighted by molar-refractivity contribution is 5.83. The Labute approximate surface area is 270 Å². The third kappa shape index (κ3) is 9.02. The molecule has 0 amide bonds. The van der Waals surface area contributed by atoms with Crippen molar-refractivity contribution in [1.82, 2.24) is 4.90 Å². The first-order chi connectivity index (χ1) is 22.4. The van der Waals surface area contributed by atoms with Gasteiger partial charge in [0.2, 0.25) is 6.79 Å². The number of hydrogen-bond acceptors (Lipinski definition) is 9. The average molecular weight is 660 g/mol. The number of nitrogens with zero attached hydrogens (tertiary/aromatic N) is 1. The number of halogens is 2. The number of aliphatic hydroxyl groups excluding tert-OH is 2. The van der Waals surface area contributed by atoms with Crippen LogP contribution in [0.15, 0.2) is 60.7 Å². The maximum Gasteiger partial charge on any atom is 0.335 e. The van der Waals surface area contributed by atoms with Crippen molar-refractivity contribution in [2.24, 2.45) is 0 Å². The van der Waals surface area contributed by atoms with Gasteiger partial charge in [0.15, 0.2) is 23.7 Å². The van der Waals surface area contributed by atoms with Gasteiger partial charge in [0.1, 0.15) is 17.7 Å². The third-order valence-electron chi connectivity index (χ3n) is 8.22. The molecule has 0 aliphatic carbocycles. The molecule has 0 radical (unpaired) electrons. The summed E-state index contributed by atoms with van der Waals surface area (Å²) in [6, 6.07) is 16.7. The number of aliphatic carboxylic acids is 2. The van der Waals surface area contributed by atoms with Gasteiger partial charge in [-0.1, -0.05) is 31.2 Å². The van der Waals surface area contributed by atoms with E-state index in [0.29, 0.717) is 19.8 Å². The van der Waals surface area contributed by atoms with Crippen molar-refractivity contribution in [2.75, 3.05) is 40.1 Å². The number of ether oxygens (including phenoxy) is 4. The van der Waals surface area contributed by atoms with Crippen LogP contribution in [0.1, 0.15) is 48.1 Å². The number of fused-ring (bicyclic) bond motifs is 2. The van der Waals surface area contributed by atoms with E-state index in [1.165, 1.54) is 35.4 Å². The highest BCUT2D eigenvalue weighted by atomic mass is 19.1. The maximum absolute atomic E-state index is 13.5. The predicted molar refractivity (Wildman–Crippen MR) is 164 cm³/mol. The van der Waals surface area contributed by atoms with Gasteiger partial charge in [-0.15, -0.1) is 0 Å². The third-order valence-corrected chi connectivity index (χ3v) is 8.22. The van der Waals surface area contributed by atoms with Crippen molar-refractivity contribution in [3.8, 4) is 11.5 Å². The van der Waals surface area contributed by atoms with Crippen LogP contribution < -0.4 is 9.47 Å². The second-order valence-corrected chi connectivity index (χ2v) is 11.3. The summed E-state index contributed by atoms with van der Waals surface area (Å²) >= 11 is 0. The van der Waals surface area contributed by atoms with Gasteiger partial charge in [0, 0.05) is 13.1 Å². The summed E-state index contributed by atoms with van der Waals surface area (Å²) < 4.78 is 50.9. The van der Waals surface area contributed by atoms with Crippen LogP contribution >= 0.6 is 0 Å². The lowest BCUT2D eigenvalue weighted by molar-refractivity contribution is -0.165. The molecule has 3 atom stereocenters. The molecule has 0 fully saturated rings. The van der Waals surface area contributed by atoms with Gasteiger partial charge in [0.05, 0.1) is 18.8 Å². The maximum atomic E-state index is 13.5. The molecule has 3 aromatic rings. The minimum Gasteiger partial charge on any atom is -0.479 e. The average Bonchev–Trinajstić information content (AvgIpc) is 3.53. The molecule has 3 unspecified atom stereocenters. The molecular formula is C34H39F2NO10. The standard InChI is InChI=1S/C30H33F2NO4.C4H6O6/c1-3-30(26-19-28-27(35-20-36-28)18-23(26)12-16-37-30)13-14-33(2)15-17-34-29(21-4-8-24(31)9-5-21)22-6-10-25(32)11-7-22;5-1(3(7)8)2(6)4(9)10/h4-11,18-19,29H,3,12-17,20H2,1-2H3;1-2,5-6H,(H,7,8)(H,9,10). The Morgan fingerprint density at radius 2 is 1.43 bits per heavy atom. The Hall–Kier alpha value is -4.14. The number of carbonyl (C=O) groups is 2. The van der Waals surface area contributed by atoms with E-state index in [1.807, 2.05) is 0 Å². The molecule has 0 aromatic heterocycles. The van der Waals surface area contributed by atoms with Crippen molar-refractivity contribution in [3.63, 3.8) is 0 Å². The topological polar surface area (TPSA) is 155 Å². The highest BCUT2D eigenvalue weighted by Crippen LogP contribution is 2.45. The van der Waals surface area contributed by atoms with E-state index in [0.717, 1.165) is 48.4 Å². The van der Waals surface area contributed by atoms with Crippen LogP contribution in [-0.4, -0.2) is 89.6 Å². The Kier molecular flexibility index (Phi) is 12.2. The number of likely N-dealkylation sites (N-methyl/N-ethyl adjacent to an activating group) is 1. The quantitative estimate of drug-likeness (QED) is 0.211. The minimum absolute atomic E-state index is 0.262. The van der Waals surface area contributed by atoms with Gasteiger partial charge >= 0.3 is 11.9 Å². The van der Waals surface area contributed by atoms with Crippen molar-refractivity contribution >= 4 is 11.9 Å². The fraction of sp³-hybridized carbons (Fsp3) is 0.412. The summed E-state index contributed by atoms with van der Waals surface area (Å²) in [5, 5.41) is 32.5. The van der Waals surface area contributed by atoms with Gasteiger partial charge in [-0.2, -0.15) is 0 Å². The molecule has 2 aliphatic heterocycles. The molecule has 3 aromatic carbocycles. The summed E-state index contributed by atoms with van der Waals surface area (Å²) in [6.45, 7) is 5.10. The predicted octanol–water partition coefficient (Wildman–Crippen LogP) is 3.88. The molecule has 11 nitrogen and oxygen atoms in total. The monoisotopic (exact) mass is 659 g/mol. The molecule has 4 N–H and O–H groups in total. The molecule has 5 rings (SSSR count). The van der Waals surface area contributed by atoms with E-state index in [-0.39, 0.29) is 24.0 Å². The van der Waals surface area contributed by atoms with Crippen LogP contribution in [0.3, 0.4) is 0 Å². The summed E-state index contributed by atoms with van der Waals surface area (Å²) in [4.78, 5) is 21.8. The molecule has 0 saturated heterocycles. The van der Waals surface area contributed by atoms with E-state index in [1.54, 1.807) is 24.3 Å². The SMILES string of the molecule is CCC1(CCN(C)CCOC(c2ccc(F)cc2)c2ccc(F)cc2)OCCc2cc3c(cc21)OCO3.O=C(O)C(O)C(O)C(=O)O. The fourth-order valence-corrected chi connectivity index (χ4v) is 5.47. The second-order valence-electron chi connectivity index (χ2n) is 11.3. The molecule has 0 saturated carbocycles. The van der Waals surface area contributed by atoms with Crippen LogP contribution in [0, 0.1) is 11.6 Å². The Bertz CT molecular complexity index is 1440. The van der Waals surface area contributed by atoms with Crippen LogP contribution in [-0.2, 0) is 31.1 Å². The zero-order chi connectivity index (χ0) is 34.1. The van der Waals surface area contributed by atoms with Crippen molar-refractivity contribution in [1.29, 1.82) is 0 Å². The van der Waals surface area contributed by atoms with E-state index in [2.05, 4.69) is 31.0 Å². The summed E-state index contributed by atoms with van der Waals surface area (Å²) in [7, 11) is 2.07. The zero-order valence-corrected chi connectivity index (χ0v) is 26.1. The highest BCUT2D eigenvalue weighted by Gasteiger charge is 2.38. The second kappa shape index (κ2) is 16.1. The Balaban J connectivity index is 0.000000434. The molecule has 2 heterocycles. The first-order valence-electron chi connectivity index (χ1n) is 15.1. The van der Waals surface area contributed by atoms with E-state index < -0.39 is 30.3 Å². The normalized spacial score (nSPS) is 17.9. The molecule has 0 bridgehead atoms. The molecule has 13 heteroatoms. The van der Waals surface area contributed by atoms with Crippen LogP contribution in [0.25, 0.3) is 0 Å². The Morgan fingerprint density at radius 1 is 0.894 bits per heavy atom. The largest absolute Gasteiger partial charge is 0.479 e. The summed E-state index contributed by atoms with van der Waals surface area (Å²) in [6.07, 6.45) is -2.37. The van der Waals surface area contributed by atoms with Crippen LogP contribution in [0.5, 0.6) is 11.5 Å². The van der Waals surface area contributed by atoms with E-state index in [9.17, 15) is 18.4 Å². The molecule has 254 valence electrons. The first kappa shape index (κ1) is 35.7. The van der Waals surface area contributed by atoms with Gasteiger partial charge in [-0.25, -0.2) is 18.4 Å². The molecule has 2 aliphatic rings. The van der Waals surface area contributed by atoms with Crippen LogP contribution in [0.2, 0.25) is 0 Å². The number of rotatable bonds is 13. The van der Waals surface area contributed by atoms with Crippen molar-refractivity contribution < 1.29 is 57.7 Å². The van der Waals surface area contributed by atoms with Gasteiger partial charge < -0.3 is 44.3 Å². The number of carboxylic acid groups (broad SMARTS) is 2. The zero-order valence-electron chi connectivity index (χ0n) is 26.1. The van der Waals surface area contributed by atoms with Gasteiger partial charge in [-0.3, -0.25) is 0 Å². The minimum atomic E-state index is -2.27. The summed E-state index contributed by atoms with van der Waals surface area (Å²) in [5.74, 6) is -2.54. The van der Waals surface area contributed by atoms with E-state index in [4.69, 9.17) is 39.4 Å². The molecular weight excluding hydrogens is 620 g/mol. The molecule has 0 spiro atoms. The number of hydrogen-bond donors (Lipinski definition) is 4. The van der Waals surface area contributed by atoms with Crippen molar-refractivity contribution in [2.45, 2.75) is 50.1 Å². The lowest BCUT2D eigenvalue weighted by Gasteiger charge is -2.40. The number of benzene rings is 3. The van der Waals surface area contributed by atoms with Gasteiger partial charge in [0.25, 0.3) is 0 Å². The summed E-state index contributed by atoms with van der Waals surface area (Å²) in [5.41, 5.74) is 3.75. The van der Waals surface area contributed by atoms with Crippen molar-refractivity contribution in [3.05, 3.63) is 94.6 Å². The van der Waals surface area contributed by atoms with Gasteiger partial charge in [-0.05, 0) is 85.0 Å². The van der Waals surface area contributed by atoms with Crippen LogP contribution in [0.4, 0.5) is 8.78 Å². The lowest BCUT2D eigenvalue weighted by atomic mass is 9.81. The fourth-order valence-electron chi connectivity index (χ4n) is 5.47. The smallest absolute Gasteiger partial charge is 0.335 e. The Morgan fingerprint density at radius 3 is 1.94 bits per heavy atom. The molecule has 47 heavy (non-hydrogen) atoms.